The Balaban J connectivity index is 1.82. The third kappa shape index (κ3) is 8.14. The van der Waals surface area contributed by atoms with E-state index in [0.29, 0.717) is 12.2 Å². The number of aryl methyl sites for hydroxylation is 4. The molecule has 0 aliphatic carbocycles. The van der Waals surface area contributed by atoms with Gasteiger partial charge in [0, 0.05) is 19.5 Å². The second-order valence-corrected chi connectivity index (χ2v) is 13.1. The van der Waals surface area contributed by atoms with Gasteiger partial charge in [-0.2, -0.15) is 0 Å². The van der Waals surface area contributed by atoms with Crippen LogP contribution >= 0.6 is 0 Å². The second kappa shape index (κ2) is 14.4. The van der Waals surface area contributed by atoms with Crippen LogP contribution in [-0.2, 0) is 32.6 Å². The molecule has 230 valence electrons. The van der Waals surface area contributed by atoms with Crippen molar-refractivity contribution in [2.45, 2.75) is 58.5 Å². The Morgan fingerprint density at radius 2 is 1.36 bits per heavy atom. The standard InChI is InChI=1S/C36H41N3O4S/c1-6-37-36(41)34(23-30-12-8-7-9-13-30)38(24-31-14-10-11-27(3)20-31)35(40)25-39(32-21-28(4)19-29(5)22-32)44(42,43)33-17-15-26(2)16-18-33/h7-22,34H,6,23-25H2,1-5H3,(H,37,41)/t34-/m0/s1. The Morgan fingerprint density at radius 1 is 0.727 bits per heavy atom. The number of hydrogen-bond donors (Lipinski definition) is 1. The number of hydrogen-bond acceptors (Lipinski definition) is 4. The summed E-state index contributed by atoms with van der Waals surface area (Å²) in [5, 5.41) is 2.90. The summed E-state index contributed by atoms with van der Waals surface area (Å²) in [6, 6.07) is 28.5. The maximum Gasteiger partial charge on any atom is 0.264 e. The summed E-state index contributed by atoms with van der Waals surface area (Å²) in [5.74, 6) is -0.773. The molecular weight excluding hydrogens is 570 g/mol. The first-order valence-corrected chi connectivity index (χ1v) is 16.3. The fraction of sp³-hybridized carbons (Fsp3) is 0.278. The van der Waals surface area contributed by atoms with E-state index in [2.05, 4.69) is 5.32 Å². The zero-order chi connectivity index (χ0) is 31.9. The average Bonchev–Trinajstić information content (AvgIpc) is 2.98. The summed E-state index contributed by atoms with van der Waals surface area (Å²) in [7, 11) is -4.14. The van der Waals surface area contributed by atoms with Crippen LogP contribution in [0.5, 0.6) is 0 Å². The second-order valence-electron chi connectivity index (χ2n) is 11.3. The van der Waals surface area contributed by atoms with Crippen LogP contribution in [0.2, 0.25) is 0 Å². The van der Waals surface area contributed by atoms with Crippen LogP contribution in [0.1, 0.15) is 40.3 Å². The molecule has 4 aromatic carbocycles. The average molecular weight is 612 g/mol. The highest BCUT2D eigenvalue weighted by atomic mass is 32.2. The highest BCUT2D eigenvalue weighted by Crippen LogP contribution is 2.27. The Hall–Kier alpha value is -4.43. The van der Waals surface area contributed by atoms with Crippen LogP contribution in [0.25, 0.3) is 0 Å². The normalized spacial score (nSPS) is 11.9. The lowest BCUT2D eigenvalue weighted by Gasteiger charge is -2.34. The van der Waals surface area contributed by atoms with Crippen molar-refractivity contribution in [3.05, 3.63) is 130 Å². The molecule has 0 bridgehead atoms. The van der Waals surface area contributed by atoms with Gasteiger partial charge in [0.15, 0.2) is 0 Å². The molecule has 4 aromatic rings. The van der Waals surface area contributed by atoms with Gasteiger partial charge in [0.1, 0.15) is 12.6 Å². The van der Waals surface area contributed by atoms with Gasteiger partial charge in [-0.1, -0.05) is 83.9 Å². The lowest BCUT2D eigenvalue weighted by Crippen LogP contribution is -2.53. The first-order chi connectivity index (χ1) is 21.0. The maximum atomic E-state index is 14.5. The van der Waals surface area contributed by atoms with Crippen molar-refractivity contribution in [1.29, 1.82) is 0 Å². The Kier molecular flexibility index (Phi) is 10.6. The van der Waals surface area contributed by atoms with Crippen molar-refractivity contribution in [1.82, 2.24) is 10.2 Å². The van der Waals surface area contributed by atoms with Crippen LogP contribution in [0.4, 0.5) is 5.69 Å². The number of likely N-dealkylation sites (N-methyl/N-ethyl adjacent to an activating group) is 1. The molecule has 7 nitrogen and oxygen atoms in total. The number of nitrogens with zero attached hydrogens (tertiary/aromatic N) is 2. The first kappa shape index (κ1) is 32.5. The zero-order valence-electron chi connectivity index (χ0n) is 26.1. The van der Waals surface area contributed by atoms with E-state index in [1.54, 1.807) is 36.4 Å². The summed E-state index contributed by atoms with van der Waals surface area (Å²) in [4.78, 5) is 29.7. The number of rotatable bonds is 12. The van der Waals surface area contributed by atoms with Crippen molar-refractivity contribution in [2.24, 2.45) is 0 Å². The van der Waals surface area contributed by atoms with Crippen LogP contribution in [0.15, 0.2) is 102 Å². The van der Waals surface area contributed by atoms with Gasteiger partial charge in [-0.05, 0) is 81.1 Å². The number of carbonyl (C=O) groups excluding carboxylic acids is 2. The SMILES string of the molecule is CCNC(=O)[C@H](Cc1ccccc1)N(Cc1cccc(C)c1)C(=O)CN(c1cc(C)cc(C)c1)S(=O)(=O)c1ccc(C)cc1. The summed E-state index contributed by atoms with van der Waals surface area (Å²) < 4.78 is 29.6. The Morgan fingerprint density at radius 3 is 1.98 bits per heavy atom. The van der Waals surface area contributed by atoms with Crippen molar-refractivity contribution in [3.8, 4) is 0 Å². The molecule has 0 aromatic heterocycles. The van der Waals surface area contributed by atoms with E-state index in [1.165, 1.54) is 9.21 Å². The molecule has 4 rings (SSSR count). The highest BCUT2D eigenvalue weighted by Gasteiger charge is 2.34. The topological polar surface area (TPSA) is 86.8 Å². The number of anilines is 1. The summed E-state index contributed by atoms with van der Waals surface area (Å²) in [6.07, 6.45) is 0.276. The summed E-state index contributed by atoms with van der Waals surface area (Å²) in [6.45, 7) is 9.53. The van der Waals surface area contributed by atoms with Crippen molar-refractivity contribution in [3.63, 3.8) is 0 Å². The third-order valence-electron chi connectivity index (χ3n) is 7.44. The monoisotopic (exact) mass is 611 g/mol. The van der Waals surface area contributed by atoms with Crippen molar-refractivity contribution < 1.29 is 18.0 Å². The molecule has 0 spiro atoms. The number of carbonyl (C=O) groups is 2. The van der Waals surface area contributed by atoms with Gasteiger partial charge in [0.05, 0.1) is 10.6 Å². The molecule has 2 amide bonds. The molecule has 1 atom stereocenters. The van der Waals surface area contributed by atoms with Gasteiger partial charge in [0.2, 0.25) is 11.8 Å². The van der Waals surface area contributed by atoms with Crippen molar-refractivity contribution in [2.75, 3.05) is 17.4 Å². The molecular formula is C36H41N3O4S. The number of sulfonamides is 1. The number of benzene rings is 4. The Labute approximate surface area is 261 Å². The molecule has 1 N–H and O–H groups in total. The van der Waals surface area contributed by atoms with E-state index in [-0.39, 0.29) is 23.8 Å². The molecule has 0 saturated heterocycles. The largest absolute Gasteiger partial charge is 0.355 e. The van der Waals surface area contributed by atoms with Gasteiger partial charge in [-0.3, -0.25) is 13.9 Å². The van der Waals surface area contributed by atoms with E-state index in [4.69, 9.17) is 0 Å². The molecule has 0 unspecified atom stereocenters. The molecule has 0 radical (unpaired) electrons. The first-order valence-electron chi connectivity index (χ1n) is 14.8. The van der Waals surface area contributed by atoms with Crippen LogP contribution in [-0.4, -0.2) is 44.3 Å². The van der Waals surface area contributed by atoms with E-state index >= 15 is 0 Å². The Bertz CT molecular complexity index is 1680. The minimum atomic E-state index is -4.14. The third-order valence-corrected chi connectivity index (χ3v) is 9.23. The van der Waals surface area contributed by atoms with Crippen LogP contribution in [0.3, 0.4) is 0 Å². The van der Waals surface area contributed by atoms with E-state index in [1.807, 2.05) is 95.3 Å². The van der Waals surface area contributed by atoms with Gasteiger partial charge < -0.3 is 10.2 Å². The molecule has 0 heterocycles. The van der Waals surface area contributed by atoms with Gasteiger partial charge in [0.25, 0.3) is 10.0 Å². The van der Waals surface area contributed by atoms with Crippen molar-refractivity contribution >= 4 is 27.5 Å². The minimum Gasteiger partial charge on any atom is -0.355 e. The predicted molar refractivity (Wildman–Crippen MR) is 176 cm³/mol. The highest BCUT2D eigenvalue weighted by molar-refractivity contribution is 7.92. The number of nitrogens with one attached hydrogen (secondary N) is 1. The van der Waals surface area contributed by atoms with Gasteiger partial charge >= 0.3 is 0 Å². The molecule has 0 aliphatic rings. The lowest BCUT2D eigenvalue weighted by atomic mass is 10.0. The fourth-order valence-electron chi connectivity index (χ4n) is 5.31. The number of amides is 2. The van der Waals surface area contributed by atoms with E-state index in [0.717, 1.165) is 33.4 Å². The zero-order valence-corrected chi connectivity index (χ0v) is 26.9. The fourth-order valence-corrected chi connectivity index (χ4v) is 6.71. The maximum absolute atomic E-state index is 14.5. The van der Waals surface area contributed by atoms with Gasteiger partial charge in [-0.15, -0.1) is 0 Å². The summed E-state index contributed by atoms with van der Waals surface area (Å²) in [5.41, 5.74) is 5.82. The summed E-state index contributed by atoms with van der Waals surface area (Å²) >= 11 is 0. The van der Waals surface area contributed by atoms with Crippen LogP contribution < -0.4 is 9.62 Å². The molecule has 0 saturated carbocycles. The van der Waals surface area contributed by atoms with E-state index < -0.39 is 28.5 Å². The van der Waals surface area contributed by atoms with Gasteiger partial charge in [-0.25, -0.2) is 8.42 Å². The molecule has 44 heavy (non-hydrogen) atoms. The van der Waals surface area contributed by atoms with Crippen LogP contribution in [0, 0.1) is 27.7 Å². The smallest absolute Gasteiger partial charge is 0.264 e. The predicted octanol–water partition coefficient (Wildman–Crippen LogP) is 5.89. The van der Waals surface area contributed by atoms with E-state index in [9.17, 15) is 18.0 Å². The minimum absolute atomic E-state index is 0.0878. The quantitative estimate of drug-likeness (QED) is 0.216. The molecule has 8 heteroatoms. The lowest BCUT2D eigenvalue weighted by molar-refractivity contribution is -0.140. The molecule has 0 fully saturated rings. The molecule has 0 aliphatic heterocycles.